The quantitative estimate of drug-likeness (QED) is 0.0981. The largest absolute Gasteiger partial charge is 0.208 e. The molecule has 0 fully saturated rings. The van der Waals surface area contributed by atoms with Gasteiger partial charge in [0.2, 0.25) is 0 Å². The molecular weight excluding hydrogens is 691 g/mol. The van der Waals surface area contributed by atoms with Crippen LogP contribution in [0, 0.1) is 13.8 Å². The van der Waals surface area contributed by atoms with Crippen molar-refractivity contribution in [1.29, 1.82) is 0 Å². The molecule has 57 heavy (non-hydrogen) atoms. The van der Waals surface area contributed by atoms with Gasteiger partial charge in [0.05, 0.1) is 0 Å². The van der Waals surface area contributed by atoms with E-state index in [1.807, 2.05) is 6.07 Å². The highest BCUT2D eigenvalue weighted by Crippen LogP contribution is 2.55. The Morgan fingerprint density at radius 1 is 0.368 bits per heavy atom. The van der Waals surface area contributed by atoms with Gasteiger partial charge in [-0.25, -0.2) is 15.0 Å². The molecule has 0 aliphatic heterocycles. The second-order valence-electron chi connectivity index (χ2n) is 16.2. The van der Waals surface area contributed by atoms with E-state index in [9.17, 15) is 0 Å². The van der Waals surface area contributed by atoms with E-state index in [1.165, 1.54) is 114 Å². The molecule has 0 spiro atoms. The van der Waals surface area contributed by atoms with Gasteiger partial charge in [-0.15, -0.1) is 0 Å². The fourth-order valence-electron chi connectivity index (χ4n) is 8.88. The Hall–Kier alpha value is -5.67. The van der Waals surface area contributed by atoms with E-state index in [1.54, 1.807) is 5.56 Å². The van der Waals surface area contributed by atoms with Gasteiger partial charge in [-0.2, -0.15) is 0 Å². The average Bonchev–Trinajstić information content (AvgIpc) is 3.52. The Morgan fingerprint density at radius 2 is 0.772 bits per heavy atom. The summed E-state index contributed by atoms with van der Waals surface area (Å²) in [7, 11) is 0. The van der Waals surface area contributed by atoms with Gasteiger partial charge in [-0.1, -0.05) is 210 Å². The summed E-state index contributed by atoms with van der Waals surface area (Å²) in [6.07, 6.45) is 12.7. The Morgan fingerprint density at radius 3 is 1.30 bits per heavy atom. The third kappa shape index (κ3) is 8.12. The lowest BCUT2D eigenvalue weighted by Crippen LogP contribution is -2.25. The minimum atomic E-state index is 0.0566. The Bertz CT molecular complexity index is 2420. The third-order valence-corrected chi connectivity index (χ3v) is 12.1. The predicted octanol–water partition coefficient (Wildman–Crippen LogP) is 15.0. The number of aryl methyl sites for hydroxylation is 2. The topological polar surface area (TPSA) is 38.7 Å². The first-order valence-corrected chi connectivity index (χ1v) is 21.3. The minimum Gasteiger partial charge on any atom is -0.208 e. The van der Waals surface area contributed by atoms with E-state index in [0.717, 1.165) is 16.7 Å². The van der Waals surface area contributed by atoms with Crippen LogP contribution in [0.1, 0.15) is 100 Å². The smallest absolute Gasteiger partial charge is 0.164 e. The SMILES string of the molecule is CCCCCCC1(CCCCCC)c2cc(C)ccc2-c2ccc(-c3ccc(-c4nc(-c5ccc(C)cc5)nc(-c5ccc(-c6ccccc6)cc5)n4)cc3)cc21. The normalized spacial score (nSPS) is 12.7. The number of fused-ring (bicyclic) bond motifs is 3. The molecule has 1 aromatic heterocycles. The van der Waals surface area contributed by atoms with Crippen molar-refractivity contribution < 1.29 is 0 Å². The number of hydrogen-bond acceptors (Lipinski definition) is 3. The van der Waals surface area contributed by atoms with Crippen molar-refractivity contribution in [3.05, 3.63) is 162 Å². The van der Waals surface area contributed by atoms with Crippen molar-refractivity contribution in [3.63, 3.8) is 0 Å². The van der Waals surface area contributed by atoms with Crippen molar-refractivity contribution in [3.8, 4) is 67.5 Å². The molecule has 0 amide bonds. The number of hydrogen-bond donors (Lipinski definition) is 0. The van der Waals surface area contributed by atoms with Crippen LogP contribution >= 0.6 is 0 Å². The van der Waals surface area contributed by atoms with E-state index in [4.69, 9.17) is 15.0 Å². The van der Waals surface area contributed by atoms with Crippen LogP contribution in [0.5, 0.6) is 0 Å². The van der Waals surface area contributed by atoms with Gasteiger partial charge in [-0.3, -0.25) is 0 Å². The first kappa shape index (κ1) is 38.2. The summed E-state index contributed by atoms with van der Waals surface area (Å²) >= 11 is 0. The summed E-state index contributed by atoms with van der Waals surface area (Å²) in [5.41, 5.74) is 16.3. The lowest BCUT2D eigenvalue weighted by atomic mass is 9.70. The molecule has 1 aliphatic rings. The van der Waals surface area contributed by atoms with E-state index in [2.05, 4.69) is 161 Å². The zero-order valence-corrected chi connectivity index (χ0v) is 34.2. The maximum atomic E-state index is 5.08. The molecule has 1 aliphatic carbocycles. The molecule has 0 radical (unpaired) electrons. The highest BCUT2D eigenvalue weighted by atomic mass is 15.0. The molecule has 286 valence electrons. The van der Waals surface area contributed by atoms with Crippen molar-refractivity contribution in [2.45, 2.75) is 97.3 Å². The standard InChI is InChI=1S/C54H55N3/c1-5-7-9-14-34-54(35-15-10-8-6-2)49-36-39(4)20-32-47(49)48-33-31-46(37-50(48)54)42-25-29-45(30-26-42)53-56-51(43-21-18-38(3)19-22-43)55-52(57-53)44-27-23-41(24-28-44)40-16-12-11-13-17-40/h11-13,16-33,36-37H,5-10,14-15,34-35H2,1-4H3. The highest BCUT2D eigenvalue weighted by Gasteiger charge is 2.42. The number of unbranched alkanes of at least 4 members (excludes halogenated alkanes) is 6. The summed E-state index contributed by atoms with van der Waals surface area (Å²) in [4.78, 5) is 15.1. The lowest BCUT2D eigenvalue weighted by molar-refractivity contribution is 0.401. The highest BCUT2D eigenvalue weighted by molar-refractivity contribution is 5.84. The van der Waals surface area contributed by atoms with E-state index >= 15 is 0 Å². The number of nitrogens with zero attached hydrogens (tertiary/aromatic N) is 3. The van der Waals surface area contributed by atoms with E-state index in [0.29, 0.717) is 17.5 Å². The van der Waals surface area contributed by atoms with Crippen molar-refractivity contribution >= 4 is 0 Å². The van der Waals surface area contributed by atoms with Gasteiger partial charge < -0.3 is 0 Å². The van der Waals surface area contributed by atoms with Gasteiger partial charge in [0, 0.05) is 22.1 Å². The lowest BCUT2D eigenvalue weighted by Gasteiger charge is -2.33. The third-order valence-electron chi connectivity index (χ3n) is 12.1. The zero-order valence-electron chi connectivity index (χ0n) is 34.2. The van der Waals surface area contributed by atoms with Crippen molar-refractivity contribution in [1.82, 2.24) is 15.0 Å². The van der Waals surface area contributed by atoms with Gasteiger partial charge in [0.1, 0.15) is 0 Å². The van der Waals surface area contributed by atoms with Crippen LogP contribution in [0.4, 0.5) is 0 Å². The molecule has 8 rings (SSSR count). The monoisotopic (exact) mass is 745 g/mol. The summed E-state index contributed by atoms with van der Waals surface area (Å²) in [5, 5.41) is 0. The van der Waals surface area contributed by atoms with Crippen LogP contribution < -0.4 is 0 Å². The molecule has 0 saturated carbocycles. The van der Waals surface area contributed by atoms with Crippen LogP contribution in [0.2, 0.25) is 0 Å². The Balaban J connectivity index is 1.15. The van der Waals surface area contributed by atoms with Crippen LogP contribution in [0.15, 0.2) is 140 Å². The van der Waals surface area contributed by atoms with E-state index < -0.39 is 0 Å². The first-order chi connectivity index (χ1) is 28.0. The number of aromatic nitrogens is 3. The fourth-order valence-corrected chi connectivity index (χ4v) is 8.88. The molecular formula is C54H55N3. The molecule has 0 atom stereocenters. The minimum absolute atomic E-state index is 0.0566. The van der Waals surface area contributed by atoms with Crippen molar-refractivity contribution in [2.24, 2.45) is 0 Å². The number of rotatable bonds is 15. The number of benzene rings is 6. The molecule has 0 N–H and O–H groups in total. The second-order valence-corrected chi connectivity index (χ2v) is 16.2. The van der Waals surface area contributed by atoms with Crippen LogP contribution in [-0.2, 0) is 5.41 Å². The fraction of sp³-hybridized carbons (Fsp3) is 0.278. The summed E-state index contributed by atoms with van der Waals surface area (Å²) in [6, 6.07) is 50.7. The molecule has 7 aromatic rings. The summed E-state index contributed by atoms with van der Waals surface area (Å²) < 4.78 is 0. The molecule has 3 nitrogen and oxygen atoms in total. The molecule has 0 saturated heterocycles. The van der Waals surface area contributed by atoms with Gasteiger partial charge >= 0.3 is 0 Å². The van der Waals surface area contributed by atoms with Crippen LogP contribution in [0.3, 0.4) is 0 Å². The van der Waals surface area contributed by atoms with Gasteiger partial charge in [-0.05, 0) is 77.3 Å². The summed E-state index contributed by atoms with van der Waals surface area (Å²) in [6.45, 7) is 8.99. The first-order valence-electron chi connectivity index (χ1n) is 21.3. The molecule has 0 unspecified atom stereocenters. The van der Waals surface area contributed by atoms with Crippen LogP contribution in [-0.4, -0.2) is 15.0 Å². The molecule has 3 heteroatoms. The molecule has 6 aromatic carbocycles. The van der Waals surface area contributed by atoms with Crippen molar-refractivity contribution in [2.75, 3.05) is 0 Å². The summed E-state index contributed by atoms with van der Waals surface area (Å²) in [5.74, 6) is 2.02. The zero-order chi connectivity index (χ0) is 39.2. The average molecular weight is 746 g/mol. The molecule has 1 heterocycles. The maximum absolute atomic E-state index is 5.08. The van der Waals surface area contributed by atoms with E-state index in [-0.39, 0.29) is 5.41 Å². The van der Waals surface area contributed by atoms with Gasteiger partial charge in [0.25, 0.3) is 0 Å². The van der Waals surface area contributed by atoms with Gasteiger partial charge in [0.15, 0.2) is 17.5 Å². The molecule has 0 bridgehead atoms. The Labute approximate surface area is 340 Å². The Kier molecular flexibility index (Phi) is 11.5. The maximum Gasteiger partial charge on any atom is 0.164 e. The van der Waals surface area contributed by atoms with Crippen LogP contribution in [0.25, 0.3) is 67.5 Å². The second kappa shape index (κ2) is 17.2. The predicted molar refractivity (Wildman–Crippen MR) is 240 cm³/mol.